The van der Waals surface area contributed by atoms with Gasteiger partial charge >= 0.3 is 0 Å². The Bertz CT molecular complexity index is 1050. The van der Waals surface area contributed by atoms with Gasteiger partial charge in [0.05, 0.1) is 37.8 Å². The number of carboxylic acid groups (broad SMARTS) is 1. The molecule has 2 bridgehead atoms. The van der Waals surface area contributed by atoms with Crippen molar-refractivity contribution in [3.8, 4) is 11.5 Å². The minimum absolute atomic E-state index is 0.0666. The Balaban J connectivity index is 0.000000190. The van der Waals surface area contributed by atoms with Crippen LogP contribution in [0.3, 0.4) is 0 Å². The first-order valence-corrected chi connectivity index (χ1v) is 16.4. The van der Waals surface area contributed by atoms with E-state index in [1.165, 1.54) is 80.2 Å². The molecule has 2 aliphatic heterocycles. The lowest BCUT2D eigenvalue weighted by molar-refractivity contribution is -0.894. The number of hydrogen-bond acceptors (Lipinski definition) is 5. The Hall–Kier alpha value is -2.31. The number of phenolic OH excluding ortho intramolecular Hbond substituents is 1. The second kappa shape index (κ2) is 15.2. The van der Waals surface area contributed by atoms with Gasteiger partial charge in [0.15, 0.2) is 11.5 Å². The predicted octanol–water partition coefficient (Wildman–Crippen LogP) is 4.41. The van der Waals surface area contributed by atoms with Crippen LogP contribution in [-0.2, 0) is 16.6 Å². The summed E-state index contributed by atoms with van der Waals surface area (Å²) in [7, 11) is 2.26. The van der Waals surface area contributed by atoms with Crippen LogP contribution in [0.1, 0.15) is 108 Å². The predicted molar refractivity (Wildman–Crippen MR) is 161 cm³/mol. The summed E-state index contributed by atoms with van der Waals surface area (Å²) in [6.07, 6.45) is 25.7. The third-order valence-electron chi connectivity index (χ3n) is 10.0. The second-order valence-electron chi connectivity index (χ2n) is 12.8. The van der Waals surface area contributed by atoms with E-state index in [1.807, 2.05) is 12.1 Å². The number of aliphatic hydroxyl groups excluding tert-OH is 1. The van der Waals surface area contributed by atoms with Gasteiger partial charge in [-0.2, -0.15) is 0 Å². The number of nitrogens with one attached hydrogen (secondary N) is 1. The van der Waals surface area contributed by atoms with Crippen LogP contribution in [0.15, 0.2) is 36.4 Å². The van der Waals surface area contributed by atoms with E-state index in [-0.39, 0.29) is 23.5 Å². The molecule has 0 saturated carbocycles. The molecule has 228 valence electrons. The van der Waals surface area contributed by atoms with E-state index < -0.39 is 12.1 Å². The molecule has 0 aromatic heterocycles. The summed E-state index contributed by atoms with van der Waals surface area (Å²) >= 11 is 0. The van der Waals surface area contributed by atoms with Gasteiger partial charge in [-0.15, -0.1) is 0 Å². The summed E-state index contributed by atoms with van der Waals surface area (Å²) in [5.74, 6) is 0.544. The molecule has 6 nitrogen and oxygen atoms in total. The molecule has 1 spiro atoms. The van der Waals surface area contributed by atoms with Gasteiger partial charge < -0.3 is 29.8 Å². The quantitative estimate of drug-likeness (QED) is 0.216. The molecule has 6 unspecified atom stereocenters. The molecule has 0 amide bonds. The number of carbonyl (C=O) groups is 1. The SMILES string of the molecule is CCCCCCCCC=CCCCCCCCC(=O)[O-].C[NH+]1CC23c4c5ccc(O)c4OCC2C(O)C=CC3C1C5. The highest BCUT2D eigenvalue weighted by Gasteiger charge is 2.66. The van der Waals surface area contributed by atoms with Crippen LogP contribution in [-0.4, -0.2) is 48.5 Å². The zero-order valence-electron chi connectivity index (χ0n) is 25.4. The normalized spacial score (nSPS) is 28.6. The first kappa shape index (κ1) is 31.6. The highest BCUT2D eigenvalue weighted by atomic mass is 16.5. The van der Waals surface area contributed by atoms with Gasteiger partial charge in [0, 0.05) is 29.8 Å². The van der Waals surface area contributed by atoms with E-state index in [0.29, 0.717) is 24.3 Å². The Morgan fingerprint density at radius 2 is 1.68 bits per heavy atom. The van der Waals surface area contributed by atoms with Crippen molar-refractivity contribution in [3.63, 3.8) is 0 Å². The maximum atomic E-state index is 10.5. The zero-order valence-corrected chi connectivity index (χ0v) is 25.4. The summed E-state index contributed by atoms with van der Waals surface area (Å²) in [5.41, 5.74) is 2.41. The molecule has 1 saturated heterocycles. The van der Waals surface area contributed by atoms with Crippen molar-refractivity contribution in [2.75, 3.05) is 20.2 Å². The Morgan fingerprint density at radius 1 is 1.02 bits per heavy atom. The molecule has 1 fully saturated rings. The molecule has 2 aliphatic carbocycles. The third-order valence-corrected chi connectivity index (χ3v) is 10.0. The standard InChI is InChI=1S/C18H34O2.C17H19NO3/c1-2-3-4-5-6-7-8-9-10-11-12-13-14-15-16-17-18(19)20;1-18-8-17-10-3-5-13(19)11(17)7-21-16-14(20)4-2-9(15(16)17)6-12(10)18/h9-10H,2-8,11-17H2,1H3,(H,19,20);2-5,10-13,19-20H,6-8H2,1H3. The van der Waals surface area contributed by atoms with Gasteiger partial charge in [0.25, 0.3) is 0 Å². The van der Waals surface area contributed by atoms with Crippen LogP contribution in [0.25, 0.3) is 0 Å². The van der Waals surface area contributed by atoms with E-state index in [4.69, 9.17) is 4.74 Å². The number of hydrogen-bond donors (Lipinski definition) is 3. The van der Waals surface area contributed by atoms with Crippen LogP contribution in [0, 0.1) is 11.8 Å². The Morgan fingerprint density at radius 3 is 2.37 bits per heavy atom. The van der Waals surface area contributed by atoms with Gasteiger partial charge in [-0.3, -0.25) is 0 Å². The van der Waals surface area contributed by atoms with Crippen molar-refractivity contribution in [2.24, 2.45) is 11.8 Å². The molecule has 3 N–H and O–H groups in total. The number of unbranched alkanes of at least 4 members (excludes halogenated alkanes) is 11. The molecule has 4 aliphatic rings. The van der Waals surface area contributed by atoms with Crippen molar-refractivity contribution >= 4 is 5.97 Å². The maximum absolute atomic E-state index is 10.5. The minimum Gasteiger partial charge on any atom is -0.550 e. The van der Waals surface area contributed by atoms with Gasteiger partial charge in [-0.1, -0.05) is 88.7 Å². The van der Waals surface area contributed by atoms with E-state index in [2.05, 4.69) is 32.2 Å². The molecular formula is C35H53NO5. The topological polar surface area (TPSA) is 94.3 Å². The Labute approximate surface area is 247 Å². The molecule has 6 heteroatoms. The number of likely N-dealkylation sites (tertiary alicyclic amines) is 1. The molecular weight excluding hydrogens is 514 g/mol. The van der Waals surface area contributed by atoms with Crippen LogP contribution in [0.2, 0.25) is 0 Å². The number of aliphatic hydroxyl groups is 1. The molecule has 41 heavy (non-hydrogen) atoms. The molecule has 2 heterocycles. The molecule has 6 atom stereocenters. The number of quaternary nitrogens is 1. The Kier molecular flexibility index (Phi) is 11.8. The number of rotatable bonds is 15. The van der Waals surface area contributed by atoms with Crippen LogP contribution >= 0.6 is 0 Å². The lowest BCUT2D eigenvalue weighted by atomic mass is 9.54. The molecule has 1 aromatic rings. The summed E-state index contributed by atoms with van der Waals surface area (Å²) in [6.45, 7) is 3.76. The monoisotopic (exact) mass is 567 g/mol. The van der Waals surface area contributed by atoms with Crippen molar-refractivity contribution in [2.45, 2.75) is 121 Å². The number of allylic oxidation sites excluding steroid dienone is 2. The molecule has 5 rings (SSSR count). The number of carbonyl (C=O) groups excluding carboxylic acids is 1. The number of benzene rings is 1. The fourth-order valence-electron chi connectivity index (χ4n) is 7.91. The fraction of sp³-hybridized carbons (Fsp3) is 0.686. The zero-order chi connectivity index (χ0) is 29.2. The number of ether oxygens (including phenoxy) is 1. The maximum Gasteiger partial charge on any atom is 0.165 e. The second-order valence-corrected chi connectivity index (χ2v) is 12.8. The van der Waals surface area contributed by atoms with Gasteiger partial charge in [0.1, 0.15) is 0 Å². The van der Waals surface area contributed by atoms with Crippen molar-refractivity contribution in [1.29, 1.82) is 0 Å². The largest absolute Gasteiger partial charge is 0.550 e. The van der Waals surface area contributed by atoms with Crippen LogP contribution in [0.4, 0.5) is 0 Å². The highest BCUT2D eigenvalue weighted by Crippen LogP contribution is 2.58. The third kappa shape index (κ3) is 7.37. The first-order chi connectivity index (χ1) is 19.9. The number of phenols is 1. The van der Waals surface area contributed by atoms with Crippen molar-refractivity contribution in [3.05, 3.63) is 47.6 Å². The van der Waals surface area contributed by atoms with Gasteiger partial charge in [0.2, 0.25) is 0 Å². The fourth-order valence-corrected chi connectivity index (χ4v) is 7.91. The number of likely N-dealkylation sites (N-methyl/N-ethyl adjacent to an activating group) is 1. The van der Waals surface area contributed by atoms with E-state index >= 15 is 0 Å². The van der Waals surface area contributed by atoms with Gasteiger partial charge in [-0.25, -0.2) is 0 Å². The lowest BCUT2D eigenvalue weighted by Gasteiger charge is -2.50. The summed E-state index contributed by atoms with van der Waals surface area (Å²) in [4.78, 5) is 11.7. The summed E-state index contributed by atoms with van der Waals surface area (Å²) in [6, 6.07) is 4.38. The van der Waals surface area contributed by atoms with E-state index in [0.717, 1.165) is 32.2 Å². The number of carboxylic acids is 1. The number of aliphatic carboxylic acids is 1. The molecule has 0 radical (unpaired) electrons. The van der Waals surface area contributed by atoms with Gasteiger partial charge in [-0.05, 0) is 50.2 Å². The average molecular weight is 568 g/mol. The van der Waals surface area contributed by atoms with E-state index in [1.54, 1.807) is 6.07 Å². The van der Waals surface area contributed by atoms with Crippen molar-refractivity contribution in [1.82, 2.24) is 0 Å². The average Bonchev–Trinajstić information content (AvgIpc) is 3.15. The van der Waals surface area contributed by atoms with E-state index in [9.17, 15) is 20.1 Å². The lowest BCUT2D eigenvalue weighted by Crippen LogP contribution is -3.11. The summed E-state index contributed by atoms with van der Waals surface area (Å²) in [5, 5.41) is 30.9. The van der Waals surface area contributed by atoms with Crippen molar-refractivity contribution < 1.29 is 29.8 Å². The van der Waals surface area contributed by atoms with Crippen LogP contribution in [0.5, 0.6) is 11.5 Å². The van der Waals surface area contributed by atoms with Crippen LogP contribution < -0.4 is 14.7 Å². The highest BCUT2D eigenvalue weighted by molar-refractivity contribution is 5.64. The summed E-state index contributed by atoms with van der Waals surface area (Å²) < 4.78 is 5.88. The first-order valence-electron chi connectivity index (χ1n) is 16.4. The smallest absolute Gasteiger partial charge is 0.165 e. The minimum atomic E-state index is -0.914. The number of aromatic hydroxyl groups is 1. The molecule has 1 aromatic carbocycles.